The van der Waals surface area contributed by atoms with Crippen LogP contribution in [0, 0.1) is 0 Å². The molecule has 1 heterocycles. The molecule has 4 aromatic carbocycles. The first-order valence-electron chi connectivity index (χ1n) is 13.0. The summed E-state index contributed by atoms with van der Waals surface area (Å²) in [5, 5.41) is 2.98. The van der Waals surface area contributed by atoms with Crippen LogP contribution >= 0.6 is 0 Å². The molecule has 186 valence electrons. The molecule has 0 amide bonds. The van der Waals surface area contributed by atoms with Crippen LogP contribution in [0.2, 0.25) is 13.1 Å². The average Bonchev–Trinajstić information content (AvgIpc) is 3.17. The molecule has 0 bridgehead atoms. The highest BCUT2D eigenvalue weighted by atomic mass is 28.3. The van der Waals surface area contributed by atoms with E-state index in [1.807, 2.05) is 0 Å². The SMILES string of the molecule is CN(C)CCOc1ccc(C2=C(c3ccccc3)C(c3ccccc3)=C(c3ccccc3)[Si]2(C)C)cc1. The minimum atomic E-state index is -2.12. The fraction of sp³-hybridized carbons (Fsp3) is 0.176. The van der Waals surface area contributed by atoms with Gasteiger partial charge in [-0.1, -0.05) is 116 Å². The van der Waals surface area contributed by atoms with Crippen molar-refractivity contribution in [2.24, 2.45) is 0 Å². The molecular formula is C34H35NOSi. The number of hydrogen-bond acceptors (Lipinski definition) is 2. The Morgan fingerprint density at radius 2 is 0.946 bits per heavy atom. The van der Waals surface area contributed by atoms with Gasteiger partial charge in [-0.3, -0.25) is 0 Å². The molecule has 4 aromatic rings. The molecule has 1 aliphatic heterocycles. The largest absolute Gasteiger partial charge is 0.492 e. The molecule has 0 N–H and O–H groups in total. The normalized spacial score (nSPS) is 14.9. The van der Waals surface area contributed by atoms with Crippen LogP contribution in [0.4, 0.5) is 0 Å². The molecule has 0 atom stereocenters. The van der Waals surface area contributed by atoms with E-state index in [1.165, 1.54) is 43.8 Å². The van der Waals surface area contributed by atoms with Gasteiger partial charge in [-0.15, -0.1) is 0 Å². The Balaban J connectivity index is 1.72. The Labute approximate surface area is 222 Å². The Hall–Kier alpha value is -3.66. The van der Waals surface area contributed by atoms with Gasteiger partial charge in [0.15, 0.2) is 0 Å². The summed E-state index contributed by atoms with van der Waals surface area (Å²) in [7, 11) is 2.02. The van der Waals surface area contributed by atoms with E-state index in [4.69, 9.17) is 4.74 Å². The van der Waals surface area contributed by atoms with Gasteiger partial charge in [0, 0.05) is 6.54 Å². The summed E-state index contributed by atoms with van der Waals surface area (Å²) in [6, 6.07) is 41.6. The Morgan fingerprint density at radius 1 is 0.541 bits per heavy atom. The van der Waals surface area contributed by atoms with Crippen molar-refractivity contribution in [3.8, 4) is 5.75 Å². The maximum atomic E-state index is 6.02. The molecule has 0 saturated heterocycles. The molecule has 5 rings (SSSR count). The lowest BCUT2D eigenvalue weighted by Crippen LogP contribution is -2.28. The van der Waals surface area contributed by atoms with Crippen molar-refractivity contribution in [3.05, 3.63) is 138 Å². The topological polar surface area (TPSA) is 12.5 Å². The third-order valence-corrected chi connectivity index (χ3v) is 10.7. The summed E-state index contributed by atoms with van der Waals surface area (Å²) >= 11 is 0. The quantitative estimate of drug-likeness (QED) is 0.227. The third-order valence-electron chi connectivity index (χ3n) is 7.14. The maximum Gasteiger partial charge on any atom is 0.119 e. The van der Waals surface area contributed by atoms with Crippen molar-refractivity contribution in [2.45, 2.75) is 13.1 Å². The molecule has 0 aliphatic carbocycles. The van der Waals surface area contributed by atoms with E-state index in [2.05, 4.69) is 147 Å². The zero-order valence-corrected chi connectivity index (χ0v) is 23.2. The summed E-state index contributed by atoms with van der Waals surface area (Å²) < 4.78 is 6.02. The Kier molecular flexibility index (Phi) is 7.27. The summed E-state index contributed by atoms with van der Waals surface area (Å²) in [4.78, 5) is 2.14. The van der Waals surface area contributed by atoms with E-state index >= 15 is 0 Å². The van der Waals surface area contributed by atoms with Crippen molar-refractivity contribution in [1.29, 1.82) is 0 Å². The predicted octanol–water partition coefficient (Wildman–Crippen LogP) is 7.95. The number of benzene rings is 4. The molecule has 0 saturated carbocycles. The molecule has 0 spiro atoms. The van der Waals surface area contributed by atoms with Crippen LogP contribution in [-0.2, 0) is 0 Å². The zero-order chi connectivity index (χ0) is 25.8. The van der Waals surface area contributed by atoms with Gasteiger partial charge in [-0.2, -0.15) is 0 Å². The lowest BCUT2D eigenvalue weighted by Gasteiger charge is -2.26. The Bertz CT molecular complexity index is 1400. The van der Waals surface area contributed by atoms with Crippen LogP contribution in [0.1, 0.15) is 22.3 Å². The lowest BCUT2D eigenvalue weighted by atomic mass is 9.89. The number of rotatable bonds is 8. The molecule has 0 unspecified atom stereocenters. The molecular weight excluding hydrogens is 466 g/mol. The fourth-order valence-corrected chi connectivity index (χ4v) is 9.28. The van der Waals surface area contributed by atoms with Crippen molar-refractivity contribution in [2.75, 3.05) is 27.2 Å². The second kappa shape index (κ2) is 10.8. The van der Waals surface area contributed by atoms with Gasteiger partial charge in [0.25, 0.3) is 0 Å². The van der Waals surface area contributed by atoms with E-state index < -0.39 is 8.07 Å². The summed E-state index contributed by atoms with van der Waals surface area (Å²) in [6.45, 7) is 6.59. The lowest BCUT2D eigenvalue weighted by molar-refractivity contribution is 0.261. The van der Waals surface area contributed by atoms with Gasteiger partial charge in [0.05, 0.1) is 0 Å². The molecule has 2 nitrogen and oxygen atoms in total. The van der Waals surface area contributed by atoms with Gasteiger partial charge < -0.3 is 9.64 Å². The maximum absolute atomic E-state index is 6.02. The van der Waals surface area contributed by atoms with Crippen molar-refractivity contribution in [3.63, 3.8) is 0 Å². The minimum absolute atomic E-state index is 0.683. The number of likely N-dealkylation sites (N-methyl/N-ethyl adjacent to an activating group) is 1. The highest BCUT2D eigenvalue weighted by Gasteiger charge is 2.43. The van der Waals surface area contributed by atoms with Crippen LogP contribution in [0.3, 0.4) is 0 Å². The van der Waals surface area contributed by atoms with E-state index in [-0.39, 0.29) is 0 Å². The number of allylic oxidation sites excluding steroid dienone is 2. The first-order chi connectivity index (χ1) is 18.0. The molecule has 1 aliphatic rings. The molecule has 0 aromatic heterocycles. The van der Waals surface area contributed by atoms with Crippen molar-refractivity contribution >= 4 is 29.6 Å². The number of ether oxygens (including phenoxy) is 1. The molecule has 0 fully saturated rings. The van der Waals surface area contributed by atoms with Gasteiger partial charge in [-0.05, 0) is 70.0 Å². The standard InChI is InChI=1S/C34H35NOSi/c1-35(2)24-25-36-30-22-20-29(21-23-30)34-32(27-16-10-6-11-17-27)31(26-14-8-5-9-15-26)33(37(34,3)4)28-18-12-7-13-19-28/h5-23H,24-25H2,1-4H3. The zero-order valence-electron chi connectivity index (χ0n) is 22.2. The predicted molar refractivity (Wildman–Crippen MR) is 161 cm³/mol. The average molecular weight is 502 g/mol. The van der Waals surface area contributed by atoms with Crippen LogP contribution < -0.4 is 4.74 Å². The van der Waals surface area contributed by atoms with Gasteiger partial charge in [0.1, 0.15) is 20.4 Å². The summed E-state index contributed by atoms with van der Waals surface area (Å²) in [5.41, 5.74) is 7.90. The van der Waals surface area contributed by atoms with Crippen molar-refractivity contribution in [1.82, 2.24) is 4.90 Å². The van der Waals surface area contributed by atoms with Gasteiger partial charge >= 0.3 is 0 Å². The minimum Gasteiger partial charge on any atom is -0.492 e. The second-order valence-corrected chi connectivity index (χ2v) is 14.6. The molecule has 0 radical (unpaired) electrons. The summed E-state index contributed by atoms with van der Waals surface area (Å²) in [5.74, 6) is 0.921. The van der Waals surface area contributed by atoms with Crippen molar-refractivity contribution < 1.29 is 4.74 Å². The van der Waals surface area contributed by atoms with Crippen LogP contribution in [0.15, 0.2) is 115 Å². The summed E-state index contributed by atoms with van der Waals surface area (Å²) in [6.07, 6.45) is 0. The van der Waals surface area contributed by atoms with Gasteiger partial charge in [-0.25, -0.2) is 0 Å². The smallest absolute Gasteiger partial charge is 0.119 e. The van der Waals surface area contributed by atoms with Crippen LogP contribution in [-0.4, -0.2) is 40.2 Å². The fourth-order valence-electron chi connectivity index (χ4n) is 5.47. The van der Waals surface area contributed by atoms with Crippen LogP contribution in [0.25, 0.3) is 21.5 Å². The number of nitrogens with zero attached hydrogens (tertiary/aromatic N) is 1. The second-order valence-electron chi connectivity index (χ2n) is 10.4. The van der Waals surface area contributed by atoms with Crippen LogP contribution in [0.5, 0.6) is 5.75 Å². The molecule has 3 heteroatoms. The first-order valence-corrected chi connectivity index (χ1v) is 16.0. The van der Waals surface area contributed by atoms with Gasteiger partial charge in [0.2, 0.25) is 0 Å². The first kappa shape index (κ1) is 25.0. The van der Waals surface area contributed by atoms with E-state index in [0.29, 0.717) is 6.61 Å². The number of hydrogen-bond donors (Lipinski definition) is 0. The Morgan fingerprint density at radius 3 is 1.38 bits per heavy atom. The monoisotopic (exact) mass is 501 g/mol. The highest BCUT2D eigenvalue weighted by Crippen LogP contribution is 2.55. The van der Waals surface area contributed by atoms with E-state index in [0.717, 1.165) is 12.3 Å². The van der Waals surface area contributed by atoms with E-state index in [1.54, 1.807) is 0 Å². The highest BCUT2D eigenvalue weighted by molar-refractivity contribution is 7.13. The third kappa shape index (κ3) is 5.11. The molecule has 37 heavy (non-hydrogen) atoms. The van der Waals surface area contributed by atoms with E-state index in [9.17, 15) is 0 Å².